The minimum atomic E-state index is -0.382. The topological polar surface area (TPSA) is 61.7 Å². The molecule has 1 heterocycles. The van der Waals surface area contributed by atoms with Crippen LogP contribution < -0.4 is 5.32 Å². The maximum atomic E-state index is 12.1. The van der Waals surface area contributed by atoms with E-state index in [9.17, 15) is 9.90 Å². The van der Waals surface area contributed by atoms with Crippen LogP contribution in [0.15, 0.2) is 35.0 Å². The summed E-state index contributed by atoms with van der Waals surface area (Å²) in [4.78, 5) is 16.3. The number of phenols is 1. The minimum absolute atomic E-state index is 0.0528. The van der Waals surface area contributed by atoms with Gasteiger partial charge >= 0.3 is 0 Å². The highest BCUT2D eigenvalue weighted by molar-refractivity contribution is 9.10. The molecule has 0 bridgehead atoms. The van der Waals surface area contributed by atoms with Crippen molar-refractivity contribution in [3.05, 3.63) is 35.5 Å². The summed E-state index contributed by atoms with van der Waals surface area (Å²) in [7, 11) is 0. The predicted molar refractivity (Wildman–Crippen MR) is 83.4 cm³/mol. The number of thiocarbonyl (C=S) groups is 1. The molecule has 2 N–H and O–H groups in total. The van der Waals surface area contributed by atoms with Gasteiger partial charge in [-0.05, 0) is 18.6 Å². The summed E-state index contributed by atoms with van der Waals surface area (Å²) in [6, 6.07) is 5.14. The van der Waals surface area contributed by atoms with E-state index in [0.29, 0.717) is 21.7 Å². The molecule has 1 atom stereocenters. The second-order valence-electron chi connectivity index (χ2n) is 4.03. The molecular formula is C13H11BrN2O2S. The number of phenolic OH excluding ortho intramolecular Hbond substituents is 1. The van der Waals surface area contributed by atoms with Crippen LogP contribution in [0.25, 0.3) is 0 Å². The third-order valence-electron chi connectivity index (χ3n) is 2.67. The van der Waals surface area contributed by atoms with E-state index < -0.39 is 0 Å². The number of anilines is 1. The molecule has 4 nitrogen and oxygen atoms in total. The van der Waals surface area contributed by atoms with Gasteiger partial charge in [-0.25, -0.2) is 0 Å². The molecule has 6 heteroatoms. The van der Waals surface area contributed by atoms with Crippen molar-refractivity contribution in [1.29, 1.82) is 0 Å². The Balaban J connectivity index is 2.23. The average molecular weight is 339 g/mol. The normalized spacial score (nSPS) is 18.1. The molecule has 1 aromatic rings. The number of rotatable bonds is 2. The highest BCUT2D eigenvalue weighted by atomic mass is 79.9. The lowest BCUT2D eigenvalue weighted by Gasteiger charge is -2.15. The number of benzene rings is 1. The fraction of sp³-hybridized carbons (Fsp3) is 0.154. The van der Waals surface area contributed by atoms with Crippen molar-refractivity contribution >= 4 is 50.8 Å². The van der Waals surface area contributed by atoms with Gasteiger partial charge < -0.3 is 10.4 Å². The molecular weight excluding hydrogens is 328 g/mol. The SMILES string of the molecule is Cc1cccc(NC(=O)C2=CN=C[C@H](Br)C2=S)c1O. The van der Waals surface area contributed by atoms with Crippen LogP contribution in [-0.4, -0.2) is 26.9 Å². The second kappa shape index (κ2) is 5.63. The van der Waals surface area contributed by atoms with Gasteiger partial charge in [-0.2, -0.15) is 0 Å². The van der Waals surface area contributed by atoms with Crippen LogP contribution in [0.1, 0.15) is 5.56 Å². The van der Waals surface area contributed by atoms with Gasteiger partial charge in [-0.15, -0.1) is 0 Å². The van der Waals surface area contributed by atoms with Gasteiger partial charge in [0.1, 0.15) is 5.75 Å². The van der Waals surface area contributed by atoms with E-state index >= 15 is 0 Å². The molecule has 0 fully saturated rings. The maximum Gasteiger partial charge on any atom is 0.258 e. The molecule has 1 aliphatic heterocycles. The Morgan fingerprint density at radius 3 is 3.00 bits per heavy atom. The van der Waals surface area contributed by atoms with Gasteiger partial charge in [0.05, 0.1) is 16.1 Å². The van der Waals surface area contributed by atoms with Gasteiger partial charge in [0.25, 0.3) is 5.91 Å². The number of carbonyl (C=O) groups is 1. The van der Waals surface area contributed by atoms with Crippen molar-refractivity contribution in [2.75, 3.05) is 5.32 Å². The van der Waals surface area contributed by atoms with Crippen LogP contribution >= 0.6 is 28.1 Å². The number of carbonyl (C=O) groups excluding carboxylic acids is 1. The van der Waals surface area contributed by atoms with Gasteiger partial charge in [-0.3, -0.25) is 9.79 Å². The highest BCUT2D eigenvalue weighted by Gasteiger charge is 2.23. The van der Waals surface area contributed by atoms with Gasteiger partial charge in [0, 0.05) is 17.3 Å². The molecule has 0 saturated carbocycles. The molecule has 0 aliphatic carbocycles. The first-order chi connectivity index (χ1) is 9.00. The summed E-state index contributed by atoms with van der Waals surface area (Å²) in [5.74, 6) is -0.329. The molecule has 1 amide bonds. The molecule has 0 aromatic heterocycles. The Morgan fingerprint density at radius 2 is 2.26 bits per heavy atom. The van der Waals surface area contributed by atoms with E-state index in [1.807, 2.05) is 0 Å². The van der Waals surface area contributed by atoms with Crippen molar-refractivity contribution in [2.45, 2.75) is 11.8 Å². The molecule has 0 radical (unpaired) electrons. The Morgan fingerprint density at radius 1 is 1.53 bits per heavy atom. The first-order valence-corrected chi connectivity index (χ1v) is 6.85. The van der Waals surface area contributed by atoms with Gasteiger partial charge in [0.15, 0.2) is 0 Å². The zero-order chi connectivity index (χ0) is 14.0. The van der Waals surface area contributed by atoms with Crippen molar-refractivity contribution < 1.29 is 9.90 Å². The molecule has 0 spiro atoms. The average Bonchev–Trinajstić information content (AvgIpc) is 2.38. The Labute approximate surface area is 124 Å². The van der Waals surface area contributed by atoms with Crippen molar-refractivity contribution in [1.82, 2.24) is 0 Å². The van der Waals surface area contributed by atoms with Gasteiger partial charge in [-0.1, -0.05) is 40.3 Å². The first-order valence-electron chi connectivity index (χ1n) is 5.52. The van der Waals surface area contributed by atoms with Crippen LogP contribution in [0.3, 0.4) is 0 Å². The molecule has 1 aliphatic rings. The largest absolute Gasteiger partial charge is 0.505 e. The van der Waals surface area contributed by atoms with E-state index in [0.717, 1.165) is 0 Å². The number of hydrogen-bond donors (Lipinski definition) is 2. The Bertz CT molecular complexity index is 611. The molecule has 19 heavy (non-hydrogen) atoms. The summed E-state index contributed by atoms with van der Waals surface area (Å²) in [6.45, 7) is 1.76. The number of nitrogens with one attached hydrogen (secondary N) is 1. The Kier molecular flexibility index (Phi) is 4.11. The fourth-order valence-corrected chi connectivity index (χ4v) is 2.18. The summed E-state index contributed by atoms with van der Waals surface area (Å²) in [5, 5.41) is 12.5. The van der Waals surface area contributed by atoms with Crippen LogP contribution in [-0.2, 0) is 4.79 Å². The number of aliphatic imine (C=N–C) groups is 1. The fourth-order valence-electron chi connectivity index (χ4n) is 1.59. The summed E-state index contributed by atoms with van der Waals surface area (Å²) in [6.07, 6.45) is 3.03. The third-order valence-corrected chi connectivity index (χ3v) is 4.14. The van der Waals surface area contributed by atoms with Crippen LogP contribution in [0.4, 0.5) is 5.69 Å². The quantitative estimate of drug-likeness (QED) is 0.495. The lowest BCUT2D eigenvalue weighted by molar-refractivity contribution is -0.112. The van der Waals surface area contributed by atoms with E-state index in [-0.39, 0.29) is 16.5 Å². The zero-order valence-electron chi connectivity index (χ0n) is 10.1. The number of aryl methyl sites for hydroxylation is 1. The van der Waals surface area contributed by atoms with Crippen LogP contribution in [0, 0.1) is 6.92 Å². The number of aromatic hydroxyl groups is 1. The third kappa shape index (κ3) is 2.90. The van der Waals surface area contributed by atoms with Crippen LogP contribution in [0.2, 0.25) is 0 Å². The molecule has 2 rings (SSSR count). The number of amides is 1. The number of para-hydroxylation sites is 1. The maximum absolute atomic E-state index is 12.1. The number of nitrogens with zero attached hydrogens (tertiary/aromatic N) is 1. The standard InChI is InChI=1S/C13H11BrN2O2S/c1-7-3-2-4-10(11(7)17)16-13(18)8-5-15-6-9(14)12(8)19/h2-6,9,17H,1H3,(H,16,18)/t9-/m0/s1. The smallest absolute Gasteiger partial charge is 0.258 e. The molecule has 98 valence electrons. The summed E-state index contributed by atoms with van der Waals surface area (Å²) < 4.78 is 0. The van der Waals surface area contributed by atoms with Crippen molar-refractivity contribution in [3.8, 4) is 5.75 Å². The zero-order valence-corrected chi connectivity index (χ0v) is 12.5. The predicted octanol–water partition coefficient (Wildman–Crippen LogP) is 2.74. The van der Waals surface area contributed by atoms with Gasteiger partial charge in [0.2, 0.25) is 0 Å². The highest BCUT2D eigenvalue weighted by Crippen LogP contribution is 2.27. The monoisotopic (exact) mass is 338 g/mol. The second-order valence-corrected chi connectivity index (χ2v) is 5.46. The summed E-state index contributed by atoms with van der Waals surface area (Å²) in [5.41, 5.74) is 1.36. The van der Waals surface area contributed by atoms with Crippen LogP contribution in [0.5, 0.6) is 5.75 Å². The lowest BCUT2D eigenvalue weighted by atomic mass is 10.1. The van der Waals surface area contributed by atoms with E-state index in [2.05, 4.69) is 26.2 Å². The summed E-state index contributed by atoms with van der Waals surface area (Å²) >= 11 is 8.48. The minimum Gasteiger partial charge on any atom is -0.505 e. The van der Waals surface area contributed by atoms with Crippen molar-refractivity contribution in [2.24, 2.45) is 4.99 Å². The molecule has 0 unspecified atom stereocenters. The molecule has 1 aromatic carbocycles. The number of halogens is 1. The first kappa shape index (κ1) is 13.9. The van der Waals surface area contributed by atoms with Crippen molar-refractivity contribution in [3.63, 3.8) is 0 Å². The lowest BCUT2D eigenvalue weighted by Crippen LogP contribution is -2.27. The number of alkyl halides is 1. The molecule has 0 saturated heterocycles. The van der Waals surface area contributed by atoms with E-state index in [1.54, 1.807) is 31.3 Å². The Hall–Kier alpha value is -1.53. The van der Waals surface area contributed by atoms with E-state index in [4.69, 9.17) is 12.2 Å². The van der Waals surface area contributed by atoms with E-state index in [1.165, 1.54) is 6.20 Å². The number of hydrogen-bond acceptors (Lipinski definition) is 4.